The van der Waals surface area contributed by atoms with E-state index in [1.807, 2.05) is 24.3 Å². The Morgan fingerprint density at radius 1 is 1.07 bits per heavy atom. The van der Waals surface area contributed by atoms with Gasteiger partial charge in [0.25, 0.3) is 0 Å². The lowest BCUT2D eigenvalue weighted by Crippen LogP contribution is -2.33. The van der Waals surface area contributed by atoms with Crippen molar-refractivity contribution >= 4 is 23.2 Å². The van der Waals surface area contributed by atoms with Crippen LogP contribution in [0.3, 0.4) is 0 Å². The van der Waals surface area contributed by atoms with E-state index in [-0.39, 0.29) is 0 Å². The number of hydrogen-bond acceptors (Lipinski definition) is 2. The quantitative estimate of drug-likeness (QED) is 0.720. The van der Waals surface area contributed by atoms with Gasteiger partial charge < -0.3 is 10.0 Å². The fourth-order valence-corrected chi connectivity index (χ4v) is 5.81. The Hall–Kier alpha value is -1.06. The van der Waals surface area contributed by atoms with Crippen LogP contribution in [0.4, 0.5) is 0 Å². The largest absolute Gasteiger partial charge is 0.390 e. The monoisotopic (exact) mass is 403 g/mol. The highest BCUT2D eigenvalue weighted by Gasteiger charge is 2.48. The summed E-state index contributed by atoms with van der Waals surface area (Å²) in [6.45, 7) is 5.40. The number of fused-ring (bicyclic) bond motifs is 1. The maximum absolute atomic E-state index is 11.1. The van der Waals surface area contributed by atoms with E-state index >= 15 is 0 Å². The van der Waals surface area contributed by atoms with Gasteiger partial charge in [0.1, 0.15) is 0 Å². The van der Waals surface area contributed by atoms with Gasteiger partial charge in [-0.25, -0.2) is 0 Å². The third-order valence-corrected chi connectivity index (χ3v) is 6.90. The van der Waals surface area contributed by atoms with E-state index in [9.17, 15) is 5.11 Å². The minimum atomic E-state index is -0.534. The van der Waals surface area contributed by atoms with Crippen molar-refractivity contribution in [3.63, 3.8) is 0 Å². The molecule has 0 amide bonds. The second kappa shape index (κ2) is 7.75. The highest BCUT2D eigenvalue weighted by Crippen LogP contribution is 2.45. The Morgan fingerprint density at radius 2 is 1.74 bits per heavy atom. The number of aliphatic hydroxyl groups is 1. The summed E-state index contributed by atoms with van der Waals surface area (Å²) in [4.78, 5) is 2.55. The van der Waals surface area contributed by atoms with E-state index in [1.165, 1.54) is 11.1 Å². The molecule has 144 valence electrons. The van der Waals surface area contributed by atoms with Crippen molar-refractivity contribution in [1.82, 2.24) is 4.90 Å². The Morgan fingerprint density at radius 3 is 2.37 bits per heavy atom. The van der Waals surface area contributed by atoms with Crippen LogP contribution in [0.15, 0.2) is 48.5 Å². The lowest BCUT2D eigenvalue weighted by Gasteiger charge is -2.27. The molecule has 2 fully saturated rings. The van der Waals surface area contributed by atoms with Crippen molar-refractivity contribution in [2.45, 2.75) is 37.7 Å². The zero-order valence-electron chi connectivity index (χ0n) is 15.7. The van der Waals surface area contributed by atoms with Crippen molar-refractivity contribution < 1.29 is 5.11 Å². The van der Waals surface area contributed by atoms with Gasteiger partial charge >= 0.3 is 0 Å². The van der Waals surface area contributed by atoms with Gasteiger partial charge in [0.15, 0.2) is 0 Å². The van der Waals surface area contributed by atoms with Gasteiger partial charge in [0.05, 0.1) is 5.60 Å². The first-order valence-corrected chi connectivity index (χ1v) is 10.6. The maximum atomic E-state index is 11.1. The number of hydrogen-bond donors (Lipinski definition) is 1. The summed E-state index contributed by atoms with van der Waals surface area (Å²) in [6, 6.07) is 16.2. The highest BCUT2D eigenvalue weighted by atomic mass is 35.5. The normalized spacial score (nSPS) is 29.0. The molecule has 0 bridgehead atoms. The molecule has 0 spiro atoms. The fraction of sp³-hybridized carbons (Fsp3) is 0.478. The number of halogens is 2. The molecule has 0 radical (unpaired) electrons. The molecule has 1 saturated heterocycles. The Balaban J connectivity index is 1.34. The third-order valence-electron chi connectivity index (χ3n) is 6.34. The van der Waals surface area contributed by atoms with Crippen molar-refractivity contribution in [1.29, 1.82) is 0 Å². The van der Waals surface area contributed by atoms with Gasteiger partial charge in [-0.2, -0.15) is 0 Å². The average molecular weight is 404 g/mol. The van der Waals surface area contributed by atoms with E-state index < -0.39 is 5.60 Å². The topological polar surface area (TPSA) is 23.5 Å². The fourth-order valence-electron chi connectivity index (χ4n) is 5.21. The van der Waals surface area contributed by atoms with Gasteiger partial charge in [-0.3, -0.25) is 0 Å². The molecule has 4 rings (SSSR count). The summed E-state index contributed by atoms with van der Waals surface area (Å²) >= 11 is 12.4. The van der Waals surface area contributed by atoms with Crippen molar-refractivity contribution in [3.8, 4) is 0 Å². The maximum Gasteiger partial charge on any atom is 0.0694 e. The Kier molecular flexibility index (Phi) is 5.53. The van der Waals surface area contributed by atoms with Crippen LogP contribution >= 0.6 is 23.2 Å². The van der Waals surface area contributed by atoms with Gasteiger partial charge in [-0.1, -0.05) is 66.5 Å². The van der Waals surface area contributed by atoms with E-state index in [0.717, 1.165) is 43.9 Å². The standard InChI is InChI=1S/C23H27Cl2NO/c1-16(21-8-7-20(24)9-22(21)25)13-26-14-18-11-23(27,12-19(18)15-26)10-17-5-3-2-4-6-17/h2-9,16,18-19,27H,10-15H2,1H3/t16?,18-,19+,23?. The SMILES string of the molecule is CC(CN1C[C@@H]2CC(O)(Cc3ccccc3)C[C@@H]2C1)c1ccc(Cl)cc1Cl. The van der Waals surface area contributed by atoms with Gasteiger partial charge in [0.2, 0.25) is 0 Å². The summed E-state index contributed by atoms with van der Waals surface area (Å²) in [6.07, 6.45) is 2.61. The number of benzene rings is 2. The molecule has 2 nitrogen and oxygen atoms in total. The minimum absolute atomic E-state index is 0.372. The van der Waals surface area contributed by atoms with Crippen LogP contribution in [0, 0.1) is 11.8 Å². The summed E-state index contributed by atoms with van der Waals surface area (Å²) in [5.74, 6) is 1.58. The van der Waals surface area contributed by atoms with Crippen LogP contribution in [-0.2, 0) is 6.42 Å². The minimum Gasteiger partial charge on any atom is -0.390 e. The smallest absolute Gasteiger partial charge is 0.0694 e. The molecule has 2 aliphatic rings. The van der Waals surface area contributed by atoms with Crippen LogP contribution in [0.1, 0.15) is 36.8 Å². The first kappa shape index (κ1) is 19.3. The van der Waals surface area contributed by atoms with Crippen LogP contribution < -0.4 is 0 Å². The van der Waals surface area contributed by atoms with Crippen LogP contribution in [0.5, 0.6) is 0 Å². The van der Waals surface area contributed by atoms with Crippen LogP contribution in [-0.4, -0.2) is 35.2 Å². The second-order valence-corrected chi connectivity index (χ2v) is 9.44. The predicted molar refractivity (Wildman–Crippen MR) is 113 cm³/mol. The third kappa shape index (κ3) is 4.35. The molecule has 1 aliphatic carbocycles. The second-order valence-electron chi connectivity index (χ2n) is 8.60. The van der Waals surface area contributed by atoms with Crippen LogP contribution in [0.2, 0.25) is 10.0 Å². The molecule has 1 heterocycles. The van der Waals surface area contributed by atoms with E-state index in [4.69, 9.17) is 23.2 Å². The summed E-state index contributed by atoms with van der Waals surface area (Å²) in [5.41, 5.74) is 1.87. The molecule has 1 saturated carbocycles. The Labute approximate surface area is 172 Å². The molecular formula is C23H27Cl2NO. The molecule has 2 aromatic carbocycles. The molecule has 0 aromatic heterocycles. The first-order valence-electron chi connectivity index (χ1n) is 9.85. The molecule has 1 aliphatic heterocycles. The molecule has 4 atom stereocenters. The van der Waals surface area contributed by atoms with Crippen molar-refractivity contribution in [2.75, 3.05) is 19.6 Å². The number of rotatable bonds is 5. The van der Waals surface area contributed by atoms with E-state index in [0.29, 0.717) is 22.8 Å². The number of nitrogens with zero attached hydrogens (tertiary/aromatic N) is 1. The number of likely N-dealkylation sites (tertiary alicyclic amines) is 1. The molecule has 1 N–H and O–H groups in total. The Bertz CT molecular complexity index is 780. The zero-order valence-corrected chi connectivity index (χ0v) is 17.3. The predicted octanol–water partition coefficient (Wildman–Crippen LogP) is 5.41. The lowest BCUT2D eigenvalue weighted by atomic mass is 9.91. The average Bonchev–Trinajstić information content (AvgIpc) is 3.09. The van der Waals surface area contributed by atoms with Gasteiger partial charge in [0, 0.05) is 36.1 Å². The molecule has 2 unspecified atom stereocenters. The summed E-state index contributed by atoms with van der Waals surface area (Å²) in [7, 11) is 0. The molecule has 4 heteroatoms. The van der Waals surface area contributed by atoms with Crippen LogP contribution in [0.25, 0.3) is 0 Å². The zero-order chi connectivity index (χ0) is 19.0. The summed E-state index contributed by atoms with van der Waals surface area (Å²) in [5, 5.41) is 12.6. The van der Waals surface area contributed by atoms with Gasteiger partial charge in [-0.05, 0) is 53.9 Å². The molecule has 2 aromatic rings. The summed E-state index contributed by atoms with van der Waals surface area (Å²) < 4.78 is 0. The highest BCUT2D eigenvalue weighted by molar-refractivity contribution is 6.35. The van der Waals surface area contributed by atoms with E-state index in [1.54, 1.807) is 0 Å². The van der Waals surface area contributed by atoms with E-state index in [2.05, 4.69) is 36.1 Å². The lowest BCUT2D eigenvalue weighted by molar-refractivity contribution is 0.0353. The molecular weight excluding hydrogens is 377 g/mol. The van der Waals surface area contributed by atoms with Gasteiger partial charge in [-0.15, -0.1) is 0 Å². The van der Waals surface area contributed by atoms with Crippen molar-refractivity contribution in [2.24, 2.45) is 11.8 Å². The molecule has 27 heavy (non-hydrogen) atoms. The van der Waals surface area contributed by atoms with Crippen molar-refractivity contribution in [3.05, 3.63) is 69.7 Å². The first-order chi connectivity index (χ1) is 12.9.